The Labute approximate surface area is 115 Å². The van der Waals surface area contributed by atoms with Crippen LogP contribution in [0.25, 0.3) is 0 Å². The molecule has 0 saturated carbocycles. The minimum absolute atomic E-state index is 0.169. The summed E-state index contributed by atoms with van der Waals surface area (Å²) in [5.41, 5.74) is -0.378. The molecule has 110 valence electrons. The van der Waals surface area contributed by atoms with E-state index in [0.29, 0.717) is 19.6 Å². The predicted molar refractivity (Wildman–Crippen MR) is 72.5 cm³/mol. The van der Waals surface area contributed by atoms with E-state index < -0.39 is 18.0 Å². The van der Waals surface area contributed by atoms with Crippen molar-refractivity contribution in [1.29, 1.82) is 0 Å². The van der Waals surface area contributed by atoms with Crippen LogP contribution in [0.1, 0.15) is 34.1 Å². The summed E-state index contributed by atoms with van der Waals surface area (Å²) < 4.78 is 11.3. The zero-order valence-electron chi connectivity index (χ0n) is 12.2. The Hall–Kier alpha value is -0.910. The van der Waals surface area contributed by atoms with Gasteiger partial charge in [-0.3, -0.25) is 4.79 Å². The minimum Gasteiger partial charge on any atom is -0.389 e. The Bertz CT molecular complexity index is 338. The molecule has 1 saturated heterocycles. The van der Waals surface area contributed by atoms with E-state index in [2.05, 4.69) is 11.9 Å². The zero-order chi connectivity index (χ0) is 14.7. The summed E-state index contributed by atoms with van der Waals surface area (Å²) in [6.07, 6.45) is 0.740. The van der Waals surface area contributed by atoms with Crippen LogP contribution in [-0.4, -0.2) is 42.2 Å². The first-order valence-corrected chi connectivity index (χ1v) is 6.58. The fraction of sp³-hybridized carbons (Fsp3) is 0.786. The number of rotatable bonds is 5. The molecule has 0 unspecified atom stereocenters. The van der Waals surface area contributed by atoms with Crippen LogP contribution in [0.2, 0.25) is 0 Å². The second-order valence-electron chi connectivity index (χ2n) is 6.06. The lowest BCUT2D eigenvalue weighted by atomic mass is 9.85. The van der Waals surface area contributed by atoms with Crippen LogP contribution < -0.4 is 5.32 Å². The van der Waals surface area contributed by atoms with Crippen LogP contribution in [-0.2, 0) is 14.3 Å². The van der Waals surface area contributed by atoms with Gasteiger partial charge in [0.25, 0.3) is 0 Å². The molecule has 1 aliphatic rings. The number of nitrogens with one attached hydrogen (secondary N) is 1. The van der Waals surface area contributed by atoms with E-state index in [9.17, 15) is 9.90 Å². The summed E-state index contributed by atoms with van der Waals surface area (Å²) in [5.74, 6) is -0.921. The summed E-state index contributed by atoms with van der Waals surface area (Å²) in [6.45, 7) is 11.8. The molecule has 1 aliphatic heterocycles. The van der Waals surface area contributed by atoms with Crippen molar-refractivity contribution in [3.63, 3.8) is 0 Å². The lowest BCUT2D eigenvalue weighted by molar-refractivity contribution is -0.304. The average Bonchev–Trinajstić information content (AvgIpc) is 2.32. The van der Waals surface area contributed by atoms with Gasteiger partial charge in [0.05, 0.1) is 12.7 Å². The van der Waals surface area contributed by atoms with E-state index in [1.807, 2.05) is 13.8 Å². The van der Waals surface area contributed by atoms with Gasteiger partial charge in [-0.1, -0.05) is 19.9 Å². The van der Waals surface area contributed by atoms with Gasteiger partial charge in [-0.25, -0.2) is 0 Å². The molecule has 2 atom stereocenters. The van der Waals surface area contributed by atoms with Crippen LogP contribution in [0, 0.1) is 5.41 Å². The molecule has 0 bridgehead atoms. The van der Waals surface area contributed by atoms with E-state index in [-0.39, 0.29) is 11.3 Å². The first-order valence-electron chi connectivity index (χ1n) is 6.58. The third kappa shape index (κ3) is 4.60. The highest BCUT2D eigenvalue weighted by Crippen LogP contribution is 2.34. The van der Waals surface area contributed by atoms with E-state index >= 15 is 0 Å². The van der Waals surface area contributed by atoms with E-state index in [1.165, 1.54) is 6.08 Å². The fourth-order valence-electron chi connectivity index (χ4n) is 1.88. The van der Waals surface area contributed by atoms with Gasteiger partial charge in [0, 0.05) is 12.0 Å². The molecule has 0 aromatic heterocycles. The molecular weight excluding hydrogens is 246 g/mol. The van der Waals surface area contributed by atoms with Crippen molar-refractivity contribution in [3.8, 4) is 0 Å². The van der Waals surface area contributed by atoms with E-state index in [4.69, 9.17) is 9.47 Å². The summed E-state index contributed by atoms with van der Waals surface area (Å²) in [4.78, 5) is 12.2. The second kappa shape index (κ2) is 6.03. The molecule has 1 fully saturated rings. The van der Waals surface area contributed by atoms with Crippen LogP contribution >= 0.6 is 0 Å². The van der Waals surface area contributed by atoms with Crippen LogP contribution in [0.4, 0.5) is 0 Å². The number of carbonyl (C=O) groups excluding carboxylic acids is 1. The maximum atomic E-state index is 12.2. The van der Waals surface area contributed by atoms with Gasteiger partial charge in [0.15, 0.2) is 5.79 Å². The number of hydrogen-bond donors (Lipinski definition) is 2. The number of ether oxygens (including phenoxy) is 2. The van der Waals surface area contributed by atoms with Gasteiger partial charge in [0.2, 0.25) is 5.91 Å². The lowest BCUT2D eigenvalue weighted by Gasteiger charge is -2.44. The van der Waals surface area contributed by atoms with Crippen molar-refractivity contribution in [2.24, 2.45) is 5.41 Å². The summed E-state index contributed by atoms with van der Waals surface area (Å²) >= 11 is 0. The number of amides is 1. The lowest BCUT2D eigenvalue weighted by Crippen LogP contribution is -2.56. The molecule has 0 spiro atoms. The highest BCUT2D eigenvalue weighted by Gasteiger charge is 2.45. The molecule has 0 aromatic carbocycles. The Morgan fingerprint density at radius 3 is 2.74 bits per heavy atom. The molecule has 0 aliphatic carbocycles. The third-order valence-corrected chi connectivity index (χ3v) is 3.15. The maximum Gasteiger partial charge on any atom is 0.249 e. The normalized spacial score (nSPS) is 26.5. The number of aliphatic hydroxyl groups is 1. The summed E-state index contributed by atoms with van der Waals surface area (Å²) in [7, 11) is 0. The molecule has 2 N–H and O–H groups in total. The number of hydrogen-bond acceptors (Lipinski definition) is 4. The molecule has 5 nitrogen and oxygen atoms in total. The monoisotopic (exact) mass is 271 g/mol. The number of carbonyl (C=O) groups is 1. The van der Waals surface area contributed by atoms with Gasteiger partial charge in [0.1, 0.15) is 6.10 Å². The molecule has 0 radical (unpaired) electrons. The molecule has 5 heteroatoms. The SMILES string of the molecule is C=C[C@@H](O)CCNC(=O)[C@@H]1OC(C)(C)OCC1(C)C. The van der Waals surface area contributed by atoms with E-state index in [0.717, 1.165) is 0 Å². The van der Waals surface area contributed by atoms with Crippen molar-refractivity contribution >= 4 is 5.91 Å². The Balaban J connectivity index is 2.55. The first-order chi connectivity index (χ1) is 8.68. The molecule has 1 amide bonds. The highest BCUT2D eigenvalue weighted by molar-refractivity contribution is 5.81. The molecular formula is C14H25NO4. The van der Waals surface area contributed by atoms with Gasteiger partial charge in [-0.05, 0) is 20.3 Å². The van der Waals surface area contributed by atoms with E-state index in [1.54, 1.807) is 13.8 Å². The van der Waals surface area contributed by atoms with Crippen LogP contribution in [0.3, 0.4) is 0 Å². The largest absolute Gasteiger partial charge is 0.389 e. The van der Waals surface area contributed by atoms with Gasteiger partial charge < -0.3 is 19.9 Å². The zero-order valence-corrected chi connectivity index (χ0v) is 12.2. The fourth-order valence-corrected chi connectivity index (χ4v) is 1.88. The quantitative estimate of drug-likeness (QED) is 0.738. The standard InChI is InChI=1S/C14H25NO4/c1-6-10(16)7-8-15-12(17)11-13(2,3)9-18-14(4,5)19-11/h6,10-11,16H,1,7-9H2,2-5H3,(H,15,17)/t10-,11+/m1/s1. The molecule has 1 rings (SSSR count). The number of aliphatic hydroxyl groups excluding tert-OH is 1. The van der Waals surface area contributed by atoms with Crippen molar-refractivity contribution in [2.45, 2.75) is 52.1 Å². The Kier molecular flexibility index (Phi) is 5.12. The first kappa shape index (κ1) is 16.1. The van der Waals surface area contributed by atoms with Crippen molar-refractivity contribution in [1.82, 2.24) is 5.32 Å². The molecule has 19 heavy (non-hydrogen) atoms. The Morgan fingerprint density at radius 1 is 1.53 bits per heavy atom. The Morgan fingerprint density at radius 2 is 2.16 bits per heavy atom. The van der Waals surface area contributed by atoms with Crippen LogP contribution in [0.5, 0.6) is 0 Å². The van der Waals surface area contributed by atoms with Gasteiger partial charge >= 0.3 is 0 Å². The smallest absolute Gasteiger partial charge is 0.249 e. The van der Waals surface area contributed by atoms with Crippen molar-refractivity contribution in [3.05, 3.63) is 12.7 Å². The highest BCUT2D eigenvalue weighted by atomic mass is 16.7. The predicted octanol–water partition coefficient (Wildman–Crippen LogP) is 1.22. The average molecular weight is 271 g/mol. The summed E-state index contributed by atoms with van der Waals surface area (Å²) in [5, 5.41) is 12.1. The maximum absolute atomic E-state index is 12.2. The van der Waals surface area contributed by atoms with Crippen LogP contribution in [0.15, 0.2) is 12.7 Å². The molecule has 1 heterocycles. The second-order valence-corrected chi connectivity index (χ2v) is 6.06. The minimum atomic E-state index is -0.752. The van der Waals surface area contributed by atoms with Gasteiger partial charge in [-0.15, -0.1) is 6.58 Å². The topological polar surface area (TPSA) is 67.8 Å². The third-order valence-electron chi connectivity index (χ3n) is 3.15. The molecule has 0 aromatic rings. The van der Waals surface area contributed by atoms with Crippen molar-refractivity contribution < 1.29 is 19.4 Å². The summed E-state index contributed by atoms with van der Waals surface area (Å²) in [6, 6.07) is 0. The van der Waals surface area contributed by atoms with Crippen molar-refractivity contribution in [2.75, 3.05) is 13.2 Å². The van der Waals surface area contributed by atoms with Gasteiger partial charge in [-0.2, -0.15) is 0 Å².